The topological polar surface area (TPSA) is 30.0 Å². The van der Waals surface area contributed by atoms with Gasteiger partial charge in [0.25, 0.3) is 0 Å². The quantitative estimate of drug-likeness (QED) is 0.776. The van der Waals surface area contributed by atoms with Crippen LogP contribution in [0.1, 0.15) is 47.3 Å². The molecule has 6 heteroatoms. The van der Waals surface area contributed by atoms with Crippen molar-refractivity contribution in [2.24, 2.45) is 11.8 Å². The van der Waals surface area contributed by atoms with Gasteiger partial charge in [0, 0.05) is 12.1 Å². The number of Topliss-reactive ketones (excluding diaryl/α,β-unsaturated/α-hetero) is 1. The number of nitrogens with zero attached hydrogens (tertiary/aromatic N) is 1. The van der Waals surface area contributed by atoms with Crippen molar-refractivity contribution in [1.82, 2.24) is 4.98 Å². The van der Waals surface area contributed by atoms with E-state index in [1.165, 1.54) is 0 Å². The van der Waals surface area contributed by atoms with Gasteiger partial charge in [0.2, 0.25) is 0 Å². The van der Waals surface area contributed by atoms with Crippen LogP contribution in [0.5, 0.6) is 0 Å². The highest BCUT2D eigenvalue weighted by molar-refractivity contribution is 7.13. The molecule has 0 N–H and O–H groups in total. The fraction of sp³-hybridized carbons (Fsp3) is 0.667. The minimum Gasteiger partial charge on any atom is -0.293 e. The van der Waals surface area contributed by atoms with Crippen LogP contribution < -0.4 is 0 Å². The molecule has 1 saturated carbocycles. The normalized spacial score (nSPS) is 24.4. The van der Waals surface area contributed by atoms with E-state index in [1.54, 1.807) is 0 Å². The first-order chi connectivity index (χ1) is 8.41. The lowest BCUT2D eigenvalue weighted by molar-refractivity contribution is -0.137. The first-order valence-electron chi connectivity index (χ1n) is 5.99. The van der Waals surface area contributed by atoms with Gasteiger partial charge in [-0.2, -0.15) is 13.2 Å². The highest BCUT2D eigenvalue weighted by Crippen LogP contribution is 2.37. The molecule has 1 aromatic heterocycles. The Morgan fingerprint density at radius 3 is 2.72 bits per heavy atom. The van der Waals surface area contributed by atoms with Gasteiger partial charge in [-0.3, -0.25) is 4.79 Å². The minimum absolute atomic E-state index is 0.114. The molecule has 0 bridgehead atoms. The number of aromatic nitrogens is 1. The standard InChI is InChI=1S/C12H14F3NOS/c1-2-7-3-4-8(5-7)10(17)9-6-16-11(18-9)12(13,14)15/h6-8H,2-5H2,1H3. The lowest BCUT2D eigenvalue weighted by atomic mass is 9.99. The number of thiazole rings is 1. The van der Waals surface area contributed by atoms with Gasteiger partial charge in [0.1, 0.15) is 0 Å². The van der Waals surface area contributed by atoms with Crippen LogP contribution in [-0.2, 0) is 6.18 Å². The number of carbonyl (C=O) groups excluding carboxylic acids is 1. The van der Waals surface area contributed by atoms with E-state index < -0.39 is 11.2 Å². The fourth-order valence-electron chi connectivity index (χ4n) is 2.40. The SMILES string of the molecule is CCC1CCC(C(=O)c2cnc(C(F)(F)F)s2)C1. The highest BCUT2D eigenvalue weighted by atomic mass is 32.1. The molecular weight excluding hydrogens is 263 g/mol. The maximum absolute atomic E-state index is 12.4. The van der Waals surface area contributed by atoms with Gasteiger partial charge in [-0.05, 0) is 25.2 Å². The van der Waals surface area contributed by atoms with Gasteiger partial charge < -0.3 is 0 Å². The fourth-order valence-corrected chi connectivity index (χ4v) is 3.21. The van der Waals surface area contributed by atoms with Crippen LogP contribution in [0.2, 0.25) is 0 Å². The van der Waals surface area contributed by atoms with E-state index in [4.69, 9.17) is 0 Å². The molecule has 0 radical (unpaired) electrons. The summed E-state index contributed by atoms with van der Waals surface area (Å²) in [7, 11) is 0. The Bertz CT molecular complexity index is 441. The Kier molecular flexibility index (Phi) is 3.75. The Balaban J connectivity index is 2.08. The molecule has 0 aliphatic heterocycles. The average molecular weight is 277 g/mol. The summed E-state index contributed by atoms with van der Waals surface area (Å²) in [5.74, 6) is 0.254. The molecule has 18 heavy (non-hydrogen) atoms. The van der Waals surface area contributed by atoms with Crippen molar-refractivity contribution in [2.45, 2.75) is 38.8 Å². The lowest BCUT2D eigenvalue weighted by Crippen LogP contribution is -2.10. The van der Waals surface area contributed by atoms with Crippen molar-refractivity contribution in [2.75, 3.05) is 0 Å². The van der Waals surface area contributed by atoms with Crippen LogP contribution >= 0.6 is 11.3 Å². The summed E-state index contributed by atoms with van der Waals surface area (Å²) in [5.41, 5.74) is 0. The number of ketones is 1. The molecule has 0 amide bonds. The molecular formula is C12H14F3NOS. The minimum atomic E-state index is -4.45. The third-order valence-corrected chi connectivity index (χ3v) is 4.54. The number of rotatable bonds is 3. The van der Waals surface area contributed by atoms with E-state index in [9.17, 15) is 18.0 Å². The van der Waals surface area contributed by atoms with Crippen LogP contribution in [0.4, 0.5) is 13.2 Å². The largest absolute Gasteiger partial charge is 0.443 e. The predicted molar refractivity (Wildman–Crippen MR) is 62.6 cm³/mol. The second kappa shape index (κ2) is 4.99. The Labute approximate surface area is 107 Å². The summed E-state index contributed by atoms with van der Waals surface area (Å²) in [6.45, 7) is 2.08. The van der Waals surface area contributed by atoms with Gasteiger partial charge in [-0.1, -0.05) is 13.3 Å². The predicted octanol–water partition coefficient (Wildman–Crippen LogP) is 4.17. The van der Waals surface area contributed by atoms with Crippen molar-refractivity contribution in [3.05, 3.63) is 16.1 Å². The van der Waals surface area contributed by atoms with Crippen LogP contribution in [0, 0.1) is 11.8 Å². The summed E-state index contributed by atoms with van der Waals surface area (Å²) in [4.78, 5) is 15.5. The molecule has 2 unspecified atom stereocenters. The van der Waals surface area contributed by atoms with E-state index in [-0.39, 0.29) is 16.6 Å². The zero-order valence-corrected chi connectivity index (χ0v) is 10.8. The van der Waals surface area contributed by atoms with Crippen molar-refractivity contribution in [1.29, 1.82) is 0 Å². The first kappa shape index (κ1) is 13.5. The van der Waals surface area contributed by atoms with Crippen molar-refractivity contribution in [3.8, 4) is 0 Å². The maximum atomic E-state index is 12.4. The van der Waals surface area contributed by atoms with Crippen LogP contribution in [-0.4, -0.2) is 10.8 Å². The van der Waals surface area contributed by atoms with E-state index in [1.807, 2.05) is 0 Å². The third kappa shape index (κ3) is 2.74. The van der Waals surface area contributed by atoms with Gasteiger partial charge in [-0.25, -0.2) is 4.98 Å². The molecule has 2 rings (SSSR count). The summed E-state index contributed by atoms with van der Waals surface area (Å²) in [5, 5.41) is -0.934. The van der Waals surface area contributed by atoms with Crippen molar-refractivity contribution < 1.29 is 18.0 Å². The molecule has 2 nitrogen and oxygen atoms in total. The van der Waals surface area contributed by atoms with E-state index in [0.29, 0.717) is 17.3 Å². The van der Waals surface area contributed by atoms with E-state index in [2.05, 4.69) is 11.9 Å². The second-order valence-electron chi connectivity index (χ2n) is 4.68. The Morgan fingerprint density at radius 1 is 1.50 bits per heavy atom. The number of carbonyl (C=O) groups is 1. The molecule has 0 aromatic carbocycles. The zero-order chi connectivity index (χ0) is 13.3. The summed E-state index contributed by atoms with van der Waals surface area (Å²) in [6.07, 6.45) is 0.225. The summed E-state index contributed by atoms with van der Waals surface area (Å²) >= 11 is 0.458. The van der Waals surface area contributed by atoms with Crippen LogP contribution in [0.3, 0.4) is 0 Å². The highest BCUT2D eigenvalue weighted by Gasteiger charge is 2.37. The van der Waals surface area contributed by atoms with Gasteiger partial charge in [0.15, 0.2) is 10.8 Å². The molecule has 2 atom stereocenters. The molecule has 1 aliphatic rings. The molecule has 0 saturated heterocycles. The number of hydrogen-bond acceptors (Lipinski definition) is 3. The van der Waals surface area contributed by atoms with Gasteiger partial charge >= 0.3 is 6.18 Å². The molecule has 1 fully saturated rings. The summed E-state index contributed by atoms with van der Waals surface area (Å²) < 4.78 is 37.2. The smallest absolute Gasteiger partial charge is 0.293 e. The number of halogens is 3. The van der Waals surface area contributed by atoms with Crippen LogP contribution in [0.15, 0.2) is 6.20 Å². The maximum Gasteiger partial charge on any atom is 0.443 e. The first-order valence-corrected chi connectivity index (χ1v) is 6.80. The lowest BCUT2D eigenvalue weighted by Gasteiger charge is -2.07. The van der Waals surface area contributed by atoms with Gasteiger partial charge in [-0.15, -0.1) is 11.3 Å². The molecule has 0 spiro atoms. The zero-order valence-electron chi connectivity index (χ0n) is 9.96. The Morgan fingerprint density at radius 2 is 2.22 bits per heavy atom. The molecule has 1 aromatic rings. The molecule has 1 aliphatic carbocycles. The average Bonchev–Trinajstić information content (AvgIpc) is 2.96. The van der Waals surface area contributed by atoms with Crippen molar-refractivity contribution >= 4 is 17.1 Å². The molecule has 1 heterocycles. The monoisotopic (exact) mass is 277 g/mol. The van der Waals surface area contributed by atoms with Gasteiger partial charge in [0.05, 0.1) is 4.88 Å². The van der Waals surface area contributed by atoms with Crippen LogP contribution in [0.25, 0.3) is 0 Å². The molecule has 100 valence electrons. The second-order valence-corrected chi connectivity index (χ2v) is 5.71. The number of alkyl halides is 3. The third-order valence-electron chi connectivity index (χ3n) is 3.48. The van der Waals surface area contributed by atoms with E-state index >= 15 is 0 Å². The summed E-state index contributed by atoms with van der Waals surface area (Å²) in [6, 6.07) is 0. The number of hydrogen-bond donors (Lipinski definition) is 0. The Hall–Kier alpha value is -0.910. The van der Waals surface area contributed by atoms with E-state index in [0.717, 1.165) is 31.9 Å². The van der Waals surface area contributed by atoms with Crippen molar-refractivity contribution in [3.63, 3.8) is 0 Å².